The lowest BCUT2D eigenvalue weighted by molar-refractivity contribution is 0.0949. The molecule has 6 heteroatoms. The molecule has 0 aliphatic rings. The normalized spacial score (nSPS) is 11.8. The Morgan fingerprint density at radius 2 is 1.92 bits per heavy atom. The third-order valence-corrected chi connectivity index (χ3v) is 1.55. The Morgan fingerprint density at radius 1 is 1.25 bits per heavy atom. The molecule has 0 bridgehead atoms. The monoisotopic (exact) mass is 197 g/mol. The van der Waals surface area contributed by atoms with E-state index in [1.54, 1.807) is 0 Å². The quantitative estimate of drug-likeness (QED) is 0.333. The molecule has 0 aromatic heterocycles. The highest BCUT2D eigenvalue weighted by atomic mass is 32.3. The van der Waals surface area contributed by atoms with E-state index in [1.807, 2.05) is 6.92 Å². The maximum Gasteiger partial charge on any atom is 0.217 e. The first-order chi connectivity index (χ1) is 5.56. The van der Waals surface area contributed by atoms with Crippen molar-refractivity contribution >= 4 is 10.4 Å². The molecule has 0 spiro atoms. The van der Waals surface area contributed by atoms with E-state index in [0.717, 1.165) is 12.8 Å². The fraction of sp³-hybridized carbons (Fsp3) is 1.00. The van der Waals surface area contributed by atoms with Gasteiger partial charge in [0.1, 0.15) is 0 Å². The van der Waals surface area contributed by atoms with Crippen LogP contribution in [-0.4, -0.2) is 32.8 Å². The van der Waals surface area contributed by atoms with Crippen LogP contribution in [0, 0.1) is 0 Å². The van der Waals surface area contributed by atoms with Crippen molar-refractivity contribution in [3.8, 4) is 0 Å². The summed E-state index contributed by atoms with van der Waals surface area (Å²) in [6.07, 6.45) is 1.94. The van der Waals surface area contributed by atoms with Gasteiger partial charge in [-0.05, 0) is 6.42 Å². The molecule has 0 aliphatic heterocycles. The summed E-state index contributed by atoms with van der Waals surface area (Å²) in [5.74, 6) is 0. The maximum absolute atomic E-state index is 9.89. The molecule has 0 heterocycles. The lowest BCUT2D eigenvalue weighted by Gasteiger charge is -2.07. The Bertz CT molecular complexity index is 186. The summed E-state index contributed by atoms with van der Waals surface area (Å²) in [4.78, 5) is 0. The lowest BCUT2D eigenvalue weighted by Crippen LogP contribution is -2.10. The van der Waals surface area contributed by atoms with Crippen LogP contribution in [0.2, 0.25) is 0 Å². The van der Waals surface area contributed by atoms with Crippen LogP contribution in [0.1, 0.15) is 19.8 Å². The van der Waals surface area contributed by atoms with Crippen molar-refractivity contribution in [2.24, 2.45) is 0 Å². The van der Waals surface area contributed by atoms with Gasteiger partial charge < -0.3 is 9.29 Å². The van der Waals surface area contributed by atoms with Crippen molar-refractivity contribution in [2.45, 2.75) is 19.8 Å². The third kappa shape index (κ3) is 9.83. The van der Waals surface area contributed by atoms with Gasteiger partial charge in [0.25, 0.3) is 0 Å². The summed E-state index contributed by atoms with van der Waals surface area (Å²) in [6.45, 7) is 2.53. The van der Waals surface area contributed by atoms with E-state index in [2.05, 4.69) is 4.18 Å². The van der Waals surface area contributed by atoms with Crippen molar-refractivity contribution in [2.75, 3.05) is 19.8 Å². The van der Waals surface area contributed by atoms with E-state index in [0.29, 0.717) is 6.61 Å². The molecule has 0 radical (unpaired) electrons. The largest absolute Gasteiger partial charge is 0.726 e. The van der Waals surface area contributed by atoms with Gasteiger partial charge in [-0.3, -0.25) is 4.18 Å². The molecule has 0 atom stereocenters. The molecule has 12 heavy (non-hydrogen) atoms. The van der Waals surface area contributed by atoms with Gasteiger partial charge in [0, 0.05) is 6.61 Å². The molecular weight excluding hydrogens is 184 g/mol. The standard InChI is InChI=1S/C6H14O5S/c1-2-3-4-10-5-6-11-12(7,8)9/h2-6H2,1H3,(H,7,8,9)/p-1. The fourth-order valence-corrected chi connectivity index (χ4v) is 0.816. The van der Waals surface area contributed by atoms with E-state index < -0.39 is 10.4 Å². The summed E-state index contributed by atoms with van der Waals surface area (Å²) in [6, 6.07) is 0. The van der Waals surface area contributed by atoms with Gasteiger partial charge in [-0.2, -0.15) is 0 Å². The van der Waals surface area contributed by atoms with E-state index in [9.17, 15) is 13.0 Å². The molecule has 0 unspecified atom stereocenters. The Morgan fingerprint density at radius 3 is 2.42 bits per heavy atom. The zero-order chi connectivity index (χ0) is 9.45. The minimum Gasteiger partial charge on any atom is -0.726 e. The average Bonchev–Trinajstić information content (AvgIpc) is 1.94. The summed E-state index contributed by atoms with van der Waals surface area (Å²) in [5, 5.41) is 0. The van der Waals surface area contributed by atoms with Crippen molar-refractivity contribution in [1.82, 2.24) is 0 Å². The predicted molar refractivity (Wildman–Crippen MR) is 41.4 cm³/mol. The molecule has 0 aromatic carbocycles. The van der Waals surface area contributed by atoms with Crippen LogP contribution in [0.15, 0.2) is 0 Å². The second-order valence-electron chi connectivity index (χ2n) is 2.20. The zero-order valence-electron chi connectivity index (χ0n) is 6.99. The molecule has 0 aliphatic carbocycles. The van der Waals surface area contributed by atoms with Crippen LogP contribution in [0.5, 0.6) is 0 Å². The van der Waals surface area contributed by atoms with Gasteiger partial charge in [-0.15, -0.1) is 0 Å². The summed E-state index contributed by atoms with van der Waals surface area (Å²) < 4.78 is 38.5. The zero-order valence-corrected chi connectivity index (χ0v) is 7.80. The van der Waals surface area contributed by atoms with Crippen molar-refractivity contribution in [3.63, 3.8) is 0 Å². The average molecular weight is 197 g/mol. The van der Waals surface area contributed by atoms with Crippen molar-refractivity contribution in [1.29, 1.82) is 0 Å². The third-order valence-electron chi connectivity index (χ3n) is 1.10. The first-order valence-electron chi connectivity index (χ1n) is 3.74. The lowest BCUT2D eigenvalue weighted by atomic mass is 10.4. The van der Waals surface area contributed by atoms with E-state index >= 15 is 0 Å². The topological polar surface area (TPSA) is 75.7 Å². The summed E-state index contributed by atoms with van der Waals surface area (Å²) in [5.41, 5.74) is 0. The van der Waals surface area contributed by atoms with Crippen molar-refractivity contribution < 1.29 is 21.9 Å². The van der Waals surface area contributed by atoms with Gasteiger partial charge in [0.15, 0.2) is 0 Å². The van der Waals surface area contributed by atoms with Gasteiger partial charge in [-0.25, -0.2) is 8.42 Å². The van der Waals surface area contributed by atoms with E-state index in [1.165, 1.54) is 0 Å². The fourth-order valence-electron chi connectivity index (χ4n) is 0.543. The molecule has 0 aromatic rings. The molecule has 0 saturated heterocycles. The van der Waals surface area contributed by atoms with E-state index in [-0.39, 0.29) is 13.2 Å². The molecule has 74 valence electrons. The molecule has 0 rings (SSSR count). The highest BCUT2D eigenvalue weighted by molar-refractivity contribution is 7.80. The Labute approximate surface area is 72.6 Å². The van der Waals surface area contributed by atoms with Crippen LogP contribution in [0.4, 0.5) is 0 Å². The Hall–Kier alpha value is -0.170. The smallest absolute Gasteiger partial charge is 0.217 e. The van der Waals surface area contributed by atoms with E-state index in [4.69, 9.17) is 4.74 Å². The molecule has 0 amide bonds. The SMILES string of the molecule is CCCCOCCOS(=O)(=O)[O-]. The highest BCUT2D eigenvalue weighted by Crippen LogP contribution is 1.89. The molecule has 0 fully saturated rings. The second-order valence-corrected chi connectivity index (χ2v) is 3.25. The molecular formula is C6H13O5S-. The molecule has 5 nitrogen and oxygen atoms in total. The number of hydrogen-bond donors (Lipinski definition) is 0. The minimum absolute atomic E-state index is 0.140. The van der Waals surface area contributed by atoms with Crippen LogP contribution in [0.3, 0.4) is 0 Å². The Balaban J connectivity index is 3.12. The summed E-state index contributed by atoms with van der Waals surface area (Å²) in [7, 11) is -4.55. The van der Waals surface area contributed by atoms with Crippen molar-refractivity contribution in [3.05, 3.63) is 0 Å². The van der Waals surface area contributed by atoms with Crippen LogP contribution < -0.4 is 0 Å². The molecule has 0 saturated carbocycles. The number of rotatable bonds is 7. The van der Waals surface area contributed by atoms with Gasteiger partial charge >= 0.3 is 0 Å². The van der Waals surface area contributed by atoms with Gasteiger partial charge in [-0.1, -0.05) is 13.3 Å². The minimum atomic E-state index is -4.55. The van der Waals surface area contributed by atoms with Crippen LogP contribution in [-0.2, 0) is 19.3 Å². The van der Waals surface area contributed by atoms with Gasteiger partial charge in [0.2, 0.25) is 10.4 Å². The first kappa shape index (κ1) is 11.8. The summed E-state index contributed by atoms with van der Waals surface area (Å²) >= 11 is 0. The number of ether oxygens (including phenoxy) is 1. The van der Waals surface area contributed by atoms with Gasteiger partial charge in [0.05, 0.1) is 13.2 Å². The highest BCUT2D eigenvalue weighted by Gasteiger charge is 1.93. The molecule has 0 N–H and O–H groups in total. The Kier molecular flexibility index (Phi) is 6.27. The predicted octanol–water partition coefficient (Wildman–Crippen LogP) is 0.280. The number of unbranched alkanes of at least 4 members (excludes halogenated alkanes) is 1. The number of hydrogen-bond acceptors (Lipinski definition) is 5. The first-order valence-corrected chi connectivity index (χ1v) is 5.07. The maximum atomic E-state index is 9.89. The van der Waals surface area contributed by atoms with Crippen LogP contribution >= 0.6 is 0 Å². The second kappa shape index (κ2) is 6.36. The van der Waals surface area contributed by atoms with Crippen LogP contribution in [0.25, 0.3) is 0 Å².